The van der Waals surface area contributed by atoms with Crippen LogP contribution in [0.1, 0.15) is 43.7 Å². The smallest absolute Gasteiger partial charge is 0.227 e. The lowest BCUT2D eigenvalue weighted by molar-refractivity contribution is -0.152. The van der Waals surface area contributed by atoms with E-state index < -0.39 is 23.2 Å². The van der Waals surface area contributed by atoms with E-state index in [2.05, 4.69) is 4.90 Å². The largest absolute Gasteiger partial charge is 0.384 e. The summed E-state index contributed by atoms with van der Waals surface area (Å²) in [6.07, 6.45) is 1.78. The molecule has 1 unspecified atom stereocenters. The molecule has 36 heavy (non-hydrogen) atoms. The summed E-state index contributed by atoms with van der Waals surface area (Å²) >= 11 is 0. The highest BCUT2D eigenvalue weighted by atomic mass is 19.1. The minimum absolute atomic E-state index is 0.00732. The third kappa shape index (κ3) is 4.57. The van der Waals surface area contributed by atoms with Crippen LogP contribution < -0.4 is 0 Å². The van der Waals surface area contributed by atoms with Crippen LogP contribution in [0.15, 0.2) is 48.5 Å². The molecule has 1 amide bonds. The fourth-order valence-electron chi connectivity index (χ4n) is 6.74. The minimum Gasteiger partial charge on any atom is -0.384 e. The normalized spacial score (nSPS) is 32.1. The van der Waals surface area contributed by atoms with Gasteiger partial charge in [-0.05, 0) is 30.0 Å². The van der Waals surface area contributed by atoms with Gasteiger partial charge in [-0.25, -0.2) is 8.78 Å². The molecular weight excluding hydrogens is 462 g/mol. The van der Waals surface area contributed by atoms with Gasteiger partial charge in [0, 0.05) is 69.3 Å². The van der Waals surface area contributed by atoms with Crippen molar-refractivity contribution in [3.63, 3.8) is 0 Å². The van der Waals surface area contributed by atoms with Gasteiger partial charge in [-0.2, -0.15) is 0 Å². The number of carbonyl (C=O) groups excluding carboxylic acids is 1. The second kappa shape index (κ2) is 10.2. The van der Waals surface area contributed by atoms with E-state index in [9.17, 15) is 18.7 Å². The standard InChI is InChI=1S/C29H36F2N2O3/c1-19-15-33(16-20(2)29(19,35)21-6-4-3-5-7-21)28(34)26-18-32(23-10-12-36-13-11-23)17-25(26)24-9-8-22(30)14-27(24)31/h3-9,14,19-20,23,25-26,35H,10-13,15-18H2,1-2H3/t19-,20+,25-,26+,29?/m1/s1. The Kier molecular flexibility index (Phi) is 7.16. The molecule has 0 spiro atoms. The molecule has 0 radical (unpaired) electrons. The number of nitrogens with zero attached hydrogens (tertiary/aromatic N) is 2. The van der Waals surface area contributed by atoms with Gasteiger partial charge in [0.25, 0.3) is 0 Å². The van der Waals surface area contributed by atoms with Crippen molar-refractivity contribution in [1.82, 2.24) is 9.80 Å². The maximum Gasteiger partial charge on any atom is 0.227 e. The number of ether oxygens (including phenoxy) is 1. The van der Waals surface area contributed by atoms with E-state index >= 15 is 0 Å². The van der Waals surface area contributed by atoms with Crippen LogP contribution in [-0.2, 0) is 15.1 Å². The zero-order chi connectivity index (χ0) is 25.4. The molecule has 5 rings (SSSR count). The molecule has 3 heterocycles. The average molecular weight is 499 g/mol. The van der Waals surface area contributed by atoms with Crippen molar-refractivity contribution in [3.05, 3.63) is 71.3 Å². The van der Waals surface area contributed by atoms with Crippen molar-refractivity contribution in [2.75, 3.05) is 39.4 Å². The number of likely N-dealkylation sites (tertiary alicyclic amines) is 2. The summed E-state index contributed by atoms with van der Waals surface area (Å²) in [6, 6.07) is 13.7. The van der Waals surface area contributed by atoms with Gasteiger partial charge in [-0.15, -0.1) is 0 Å². The lowest BCUT2D eigenvalue weighted by Gasteiger charge is -2.48. The second-order valence-electron chi connectivity index (χ2n) is 10.9. The third-order valence-electron chi connectivity index (χ3n) is 8.77. The zero-order valence-electron chi connectivity index (χ0n) is 21.1. The molecule has 3 fully saturated rings. The molecule has 0 bridgehead atoms. The van der Waals surface area contributed by atoms with Crippen LogP contribution in [0.2, 0.25) is 0 Å². The maximum atomic E-state index is 14.9. The lowest BCUT2D eigenvalue weighted by atomic mass is 9.70. The van der Waals surface area contributed by atoms with Crippen molar-refractivity contribution in [2.24, 2.45) is 17.8 Å². The summed E-state index contributed by atoms with van der Waals surface area (Å²) in [6.45, 7) is 7.33. The van der Waals surface area contributed by atoms with Crippen LogP contribution in [0, 0.1) is 29.4 Å². The third-order valence-corrected chi connectivity index (χ3v) is 8.77. The number of rotatable bonds is 4. The predicted octanol–water partition coefficient (Wildman–Crippen LogP) is 4.16. The van der Waals surface area contributed by atoms with Gasteiger partial charge in [-0.3, -0.25) is 9.69 Å². The van der Waals surface area contributed by atoms with Crippen molar-refractivity contribution < 1.29 is 23.4 Å². The first kappa shape index (κ1) is 25.3. The average Bonchev–Trinajstić information content (AvgIpc) is 3.32. The highest BCUT2D eigenvalue weighted by Gasteiger charge is 2.49. The van der Waals surface area contributed by atoms with Crippen LogP contribution in [0.25, 0.3) is 0 Å². The molecule has 2 aromatic carbocycles. The van der Waals surface area contributed by atoms with E-state index in [1.165, 1.54) is 12.1 Å². The van der Waals surface area contributed by atoms with E-state index in [-0.39, 0.29) is 23.7 Å². The molecule has 194 valence electrons. The molecule has 7 heteroatoms. The Morgan fingerprint density at radius 3 is 2.28 bits per heavy atom. The predicted molar refractivity (Wildman–Crippen MR) is 133 cm³/mol. The number of piperidine rings is 1. The topological polar surface area (TPSA) is 53.0 Å². The number of amides is 1. The van der Waals surface area contributed by atoms with E-state index in [1.54, 1.807) is 0 Å². The Morgan fingerprint density at radius 2 is 1.64 bits per heavy atom. The SMILES string of the molecule is C[C@@H]1CN(C(=O)[C@H]2CN(C3CCOCC3)C[C@@H]2c2ccc(F)cc2F)C[C@H](C)C1(O)c1ccccc1. The van der Waals surface area contributed by atoms with Gasteiger partial charge >= 0.3 is 0 Å². The van der Waals surface area contributed by atoms with Gasteiger partial charge in [0.1, 0.15) is 11.6 Å². The van der Waals surface area contributed by atoms with E-state index in [0.717, 1.165) is 24.5 Å². The Morgan fingerprint density at radius 1 is 0.972 bits per heavy atom. The Labute approximate surface area is 212 Å². The maximum absolute atomic E-state index is 14.9. The molecule has 3 saturated heterocycles. The first-order valence-electron chi connectivity index (χ1n) is 13.1. The zero-order valence-corrected chi connectivity index (χ0v) is 21.1. The molecule has 0 saturated carbocycles. The summed E-state index contributed by atoms with van der Waals surface area (Å²) < 4.78 is 34.1. The molecule has 3 aliphatic heterocycles. The number of hydrogen-bond donors (Lipinski definition) is 1. The number of hydrogen-bond acceptors (Lipinski definition) is 4. The van der Waals surface area contributed by atoms with E-state index in [1.807, 2.05) is 49.1 Å². The summed E-state index contributed by atoms with van der Waals surface area (Å²) in [7, 11) is 0. The van der Waals surface area contributed by atoms with Crippen LogP contribution in [0.3, 0.4) is 0 Å². The molecule has 3 aliphatic rings. The molecule has 0 aromatic heterocycles. The fourth-order valence-corrected chi connectivity index (χ4v) is 6.74. The monoisotopic (exact) mass is 498 g/mol. The first-order chi connectivity index (χ1) is 17.3. The number of aliphatic hydroxyl groups is 1. The van der Waals surface area contributed by atoms with Crippen molar-refractivity contribution in [2.45, 2.75) is 44.2 Å². The molecular formula is C29H36F2N2O3. The quantitative estimate of drug-likeness (QED) is 0.688. The summed E-state index contributed by atoms with van der Waals surface area (Å²) in [5.41, 5.74) is 0.253. The Bertz CT molecular complexity index is 1060. The van der Waals surface area contributed by atoms with Crippen molar-refractivity contribution in [3.8, 4) is 0 Å². The molecule has 0 aliphatic carbocycles. The molecule has 1 N–H and O–H groups in total. The summed E-state index contributed by atoms with van der Waals surface area (Å²) in [5.74, 6) is -2.31. The van der Waals surface area contributed by atoms with Gasteiger partial charge in [0.2, 0.25) is 5.91 Å². The molecule has 5 nitrogen and oxygen atoms in total. The second-order valence-corrected chi connectivity index (χ2v) is 10.9. The highest BCUT2D eigenvalue weighted by Crippen LogP contribution is 2.43. The number of carbonyl (C=O) groups is 1. The van der Waals surface area contributed by atoms with Gasteiger partial charge < -0.3 is 14.7 Å². The van der Waals surface area contributed by atoms with E-state index in [0.29, 0.717) is 51.0 Å². The number of halogens is 2. The molecule has 5 atom stereocenters. The number of benzene rings is 2. The summed E-state index contributed by atoms with van der Waals surface area (Å²) in [5, 5.41) is 11.7. The lowest BCUT2D eigenvalue weighted by Crippen LogP contribution is -2.57. The van der Waals surface area contributed by atoms with Crippen LogP contribution in [0.4, 0.5) is 8.78 Å². The van der Waals surface area contributed by atoms with Gasteiger partial charge in [0.05, 0.1) is 11.5 Å². The van der Waals surface area contributed by atoms with Crippen LogP contribution in [0.5, 0.6) is 0 Å². The summed E-state index contributed by atoms with van der Waals surface area (Å²) in [4.78, 5) is 18.2. The fraction of sp³-hybridized carbons (Fsp3) is 0.552. The Hall–Kier alpha value is -2.35. The van der Waals surface area contributed by atoms with Gasteiger partial charge in [-0.1, -0.05) is 50.2 Å². The van der Waals surface area contributed by atoms with E-state index in [4.69, 9.17) is 4.74 Å². The van der Waals surface area contributed by atoms with Crippen molar-refractivity contribution in [1.29, 1.82) is 0 Å². The minimum atomic E-state index is -1.02. The highest BCUT2D eigenvalue weighted by molar-refractivity contribution is 5.81. The van der Waals surface area contributed by atoms with Crippen molar-refractivity contribution >= 4 is 5.91 Å². The van der Waals surface area contributed by atoms with Crippen LogP contribution >= 0.6 is 0 Å². The molecule has 2 aromatic rings. The Balaban J connectivity index is 1.40. The van der Waals surface area contributed by atoms with Crippen LogP contribution in [-0.4, -0.2) is 66.2 Å². The van der Waals surface area contributed by atoms with Gasteiger partial charge in [0.15, 0.2) is 0 Å². The first-order valence-corrected chi connectivity index (χ1v) is 13.1.